The Kier molecular flexibility index (Phi) is 4.95. The number of piperazine rings is 1. The first-order valence-electron chi connectivity index (χ1n) is 6.54. The fourth-order valence-corrected chi connectivity index (χ4v) is 2.24. The lowest BCUT2D eigenvalue weighted by molar-refractivity contribution is -0.139. The minimum absolute atomic E-state index is 0.159. The number of carbonyl (C=O) groups is 2. The lowest BCUT2D eigenvalue weighted by Crippen LogP contribution is -2.51. The van der Waals surface area contributed by atoms with E-state index < -0.39 is 5.97 Å². The summed E-state index contributed by atoms with van der Waals surface area (Å²) in [5.74, 6) is -0.464. The Balaban J connectivity index is 1.92. The number of nitrogens with one attached hydrogen (secondary N) is 1. The summed E-state index contributed by atoms with van der Waals surface area (Å²) < 4.78 is 5.08. The van der Waals surface area contributed by atoms with Crippen molar-refractivity contribution in [2.75, 3.05) is 26.2 Å². The number of ether oxygens (including phenoxy) is 1. The van der Waals surface area contributed by atoms with Crippen LogP contribution in [0.4, 0.5) is 0 Å². The average molecular weight is 278 g/mol. The Morgan fingerprint density at radius 1 is 1.45 bits per heavy atom. The Morgan fingerprint density at radius 2 is 2.20 bits per heavy atom. The summed E-state index contributed by atoms with van der Waals surface area (Å²) in [6, 6.07) is 7.45. The molecule has 0 aliphatic carbocycles. The highest BCUT2D eigenvalue weighted by Crippen LogP contribution is 2.15. The number of hydrogen-bond donors (Lipinski definition) is 2. The van der Waals surface area contributed by atoms with E-state index in [1.807, 2.05) is 17.0 Å². The lowest BCUT2D eigenvalue weighted by atomic mass is 10.0. The third-order valence-electron chi connectivity index (χ3n) is 3.29. The van der Waals surface area contributed by atoms with Gasteiger partial charge in [-0.25, -0.2) is 4.79 Å². The number of carboxylic acid groups (broad SMARTS) is 1. The third-order valence-corrected chi connectivity index (χ3v) is 3.29. The Bertz CT molecular complexity index is 461. The van der Waals surface area contributed by atoms with Crippen LogP contribution in [0.5, 0.6) is 5.75 Å². The number of carbonyl (C=O) groups excluding carboxylic acids is 1. The molecular weight excluding hydrogens is 260 g/mol. The van der Waals surface area contributed by atoms with Gasteiger partial charge >= 0.3 is 5.97 Å². The van der Waals surface area contributed by atoms with E-state index in [-0.39, 0.29) is 12.6 Å². The number of benzene rings is 1. The van der Waals surface area contributed by atoms with Gasteiger partial charge in [0.25, 0.3) is 0 Å². The van der Waals surface area contributed by atoms with Crippen LogP contribution in [0.1, 0.15) is 5.56 Å². The fraction of sp³-hybridized carbons (Fsp3) is 0.429. The maximum absolute atomic E-state index is 11.0. The number of carboxylic acids is 1. The van der Waals surface area contributed by atoms with Crippen molar-refractivity contribution in [2.24, 2.45) is 0 Å². The number of aliphatic carboxylic acids is 1. The number of nitrogens with zero attached hydrogens (tertiary/aromatic N) is 1. The van der Waals surface area contributed by atoms with Crippen LogP contribution >= 0.6 is 0 Å². The second-order valence-electron chi connectivity index (χ2n) is 4.73. The molecule has 0 radical (unpaired) electrons. The summed E-state index contributed by atoms with van der Waals surface area (Å²) in [4.78, 5) is 23.2. The van der Waals surface area contributed by atoms with Crippen molar-refractivity contribution >= 4 is 12.4 Å². The normalized spacial score (nSPS) is 18.6. The molecule has 2 N–H and O–H groups in total. The first-order chi connectivity index (χ1) is 9.69. The topological polar surface area (TPSA) is 78.9 Å². The monoisotopic (exact) mass is 278 g/mol. The molecular formula is C14H18N2O4. The van der Waals surface area contributed by atoms with E-state index in [1.165, 1.54) is 0 Å². The highest BCUT2D eigenvalue weighted by atomic mass is 16.5. The molecule has 1 aromatic carbocycles. The molecule has 1 amide bonds. The second-order valence-corrected chi connectivity index (χ2v) is 4.73. The molecule has 108 valence electrons. The van der Waals surface area contributed by atoms with Gasteiger partial charge in [0.1, 0.15) is 5.75 Å². The van der Waals surface area contributed by atoms with Crippen molar-refractivity contribution in [3.63, 3.8) is 0 Å². The zero-order chi connectivity index (χ0) is 14.4. The summed E-state index contributed by atoms with van der Waals surface area (Å²) in [6.07, 6.45) is 1.67. The fourth-order valence-electron chi connectivity index (χ4n) is 2.24. The van der Waals surface area contributed by atoms with Crippen LogP contribution in [-0.4, -0.2) is 54.7 Å². The predicted molar refractivity (Wildman–Crippen MR) is 72.7 cm³/mol. The summed E-state index contributed by atoms with van der Waals surface area (Å²) in [5, 5.41) is 11.8. The molecule has 1 aliphatic rings. The molecule has 1 fully saturated rings. The van der Waals surface area contributed by atoms with Gasteiger partial charge < -0.3 is 20.1 Å². The van der Waals surface area contributed by atoms with Crippen LogP contribution in [-0.2, 0) is 16.0 Å². The standard InChI is InChI=1S/C14H18N2O4/c17-10-16-6-5-15-8-12(16)7-11-1-3-13(4-2-11)20-9-14(18)19/h1-4,10,12,15H,5-9H2,(H,18,19). The van der Waals surface area contributed by atoms with Crippen LogP contribution in [0.15, 0.2) is 24.3 Å². The van der Waals surface area contributed by atoms with Gasteiger partial charge in [0.2, 0.25) is 6.41 Å². The Hall–Kier alpha value is -2.08. The van der Waals surface area contributed by atoms with E-state index in [0.29, 0.717) is 5.75 Å². The molecule has 1 heterocycles. The van der Waals surface area contributed by atoms with Gasteiger partial charge in [0.05, 0.1) is 0 Å². The second kappa shape index (κ2) is 6.91. The van der Waals surface area contributed by atoms with Gasteiger partial charge in [0, 0.05) is 25.7 Å². The minimum Gasteiger partial charge on any atom is -0.482 e. The zero-order valence-corrected chi connectivity index (χ0v) is 11.1. The van der Waals surface area contributed by atoms with Crippen LogP contribution in [0.2, 0.25) is 0 Å². The summed E-state index contributed by atoms with van der Waals surface area (Å²) >= 11 is 0. The van der Waals surface area contributed by atoms with Crippen LogP contribution < -0.4 is 10.1 Å². The van der Waals surface area contributed by atoms with E-state index in [4.69, 9.17) is 9.84 Å². The van der Waals surface area contributed by atoms with E-state index in [1.54, 1.807) is 12.1 Å². The molecule has 0 aromatic heterocycles. The molecule has 1 unspecified atom stereocenters. The molecule has 0 bridgehead atoms. The van der Waals surface area contributed by atoms with Crippen LogP contribution in [0.25, 0.3) is 0 Å². The summed E-state index contributed by atoms with van der Waals surface area (Å²) in [6.45, 7) is 2.01. The largest absolute Gasteiger partial charge is 0.482 e. The number of hydrogen-bond acceptors (Lipinski definition) is 4. The molecule has 6 heteroatoms. The van der Waals surface area contributed by atoms with Gasteiger partial charge in [-0.3, -0.25) is 4.79 Å². The first-order valence-corrected chi connectivity index (χ1v) is 6.54. The van der Waals surface area contributed by atoms with Crippen molar-refractivity contribution in [1.29, 1.82) is 0 Å². The van der Waals surface area contributed by atoms with Gasteiger partial charge in [-0.15, -0.1) is 0 Å². The summed E-state index contributed by atoms with van der Waals surface area (Å²) in [7, 11) is 0. The molecule has 0 spiro atoms. The number of rotatable bonds is 6. The van der Waals surface area contributed by atoms with Crippen molar-refractivity contribution in [2.45, 2.75) is 12.5 Å². The highest BCUT2D eigenvalue weighted by molar-refractivity contribution is 5.68. The third kappa shape index (κ3) is 3.96. The molecule has 20 heavy (non-hydrogen) atoms. The van der Waals surface area contributed by atoms with Gasteiger partial charge in [0.15, 0.2) is 6.61 Å². The zero-order valence-electron chi connectivity index (χ0n) is 11.1. The van der Waals surface area contributed by atoms with E-state index in [2.05, 4.69) is 5.32 Å². The van der Waals surface area contributed by atoms with Crippen molar-refractivity contribution < 1.29 is 19.4 Å². The maximum atomic E-state index is 11.0. The van der Waals surface area contributed by atoms with Crippen molar-refractivity contribution in [3.8, 4) is 5.75 Å². The van der Waals surface area contributed by atoms with Gasteiger partial charge in [-0.05, 0) is 24.1 Å². The number of amides is 1. The maximum Gasteiger partial charge on any atom is 0.341 e. The van der Waals surface area contributed by atoms with Crippen molar-refractivity contribution in [1.82, 2.24) is 10.2 Å². The van der Waals surface area contributed by atoms with Gasteiger partial charge in [-0.2, -0.15) is 0 Å². The predicted octanol–water partition coefficient (Wildman–Crippen LogP) is 0.123. The molecule has 1 aliphatic heterocycles. The SMILES string of the molecule is O=CN1CCNCC1Cc1ccc(OCC(=O)O)cc1. The molecule has 2 rings (SSSR count). The molecule has 6 nitrogen and oxygen atoms in total. The first kappa shape index (κ1) is 14.3. The highest BCUT2D eigenvalue weighted by Gasteiger charge is 2.20. The Morgan fingerprint density at radius 3 is 2.85 bits per heavy atom. The molecule has 1 aromatic rings. The van der Waals surface area contributed by atoms with Crippen molar-refractivity contribution in [3.05, 3.63) is 29.8 Å². The minimum atomic E-state index is -0.996. The van der Waals surface area contributed by atoms with Crippen LogP contribution in [0.3, 0.4) is 0 Å². The molecule has 0 saturated carbocycles. The molecule has 1 saturated heterocycles. The smallest absolute Gasteiger partial charge is 0.341 e. The molecule has 1 atom stereocenters. The van der Waals surface area contributed by atoms with E-state index in [9.17, 15) is 9.59 Å². The Labute approximate surface area is 117 Å². The lowest BCUT2D eigenvalue weighted by Gasteiger charge is -2.33. The van der Waals surface area contributed by atoms with Gasteiger partial charge in [-0.1, -0.05) is 12.1 Å². The quantitative estimate of drug-likeness (QED) is 0.723. The van der Waals surface area contributed by atoms with Crippen LogP contribution in [0, 0.1) is 0 Å². The summed E-state index contributed by atoms with van der Waals surface area (Å²) in [5.41, 5.74) is 1.09. The van der Waals surface area contributed by atoms with E-state index >= 15 is 0 Å². The van der Waals surface area contributed by atoms with E-state index in [0.717, 1.165) is 38.0 Å². The average Bonchev–Trinajstić information content (AvgIpc) is 2.47.